The standard InChI is InChI=1S/C18H21N3O3S/c1-4-7-14-9-13(11-19-21-18-20-16(22)12-25-18)10-15(23-6-3)17(14)24-8-5-2/h4-5,9-11H,1-2,6-8,12H2,3H3,(H,20,21,22). The number of nitrogens with one attached hydrogen (secondary N) is 1. The van der Waals surface area contributed by atoms with Crippen LogP contribution in [0.3, 0.4) is 0 Å². The van der Waals surface area contributed by atoms with Crippen LogP contribution >= 0.6 is 11.8 Å². The van der Waals surface area contributed by atoms with E-state index in [4.69, 9.17) is 9.47 Å². The third-order valence-corrected chi connectivity index (χ3v) is 3.97. The molecule has 1 N–H and O–H groups in total. The van der Waals surface area contributed by atoms with Crippen LogP contribution in [0.2, 0.25) is 0 Å². The van der Waals surface area contributed by atoms with Crippen molar-refractivity contribution in [2.24, 2.45) is 10.2 Å². The zero-order valence-corrected chi connectivity index (χ0v) is 15.0. The molecule has 0 unspecified atom stereocenters. The van der Waals surface area contributed by atoms with E-state index in [2.05, 4.69) is 28.7 Å². The maximum atomic E-state index is 11.1. The second-order valence-electron chi connectivity index (χ2n) is 5.02. The zero-order chi connectivity index (χ0) is 18.1. The van der Waals surface area contributed by atoms with Crippen molar-refractivity contribution >= 4 is 29.1 Å². The predicted octanol–water partition coefficient (Wildman–Crippen LogP) is 2.93. The van der Waals surface area contributed by atoms with E-state index in [-0.39, 0.29) is 5.91 Å². The Labute approximate surface area is 151 Å². The molecule has 1 aliphatic rings. The molecular weight excluding hydrogens is 338 g/mol. The van der Waals surface area contributed by atoms with E-state index >= 15 is 0 Å². The third kappa shape index (κ3) is 5.49. The molecule has 0 radical (unpaired) electrons. The molecule has 1 heterocycles. The molecule has 2 rings (SSSR count). The number of hydrogen-bond donors (Lipinski definition) is 1. The van der Waals surface area contributed by atoms with Crippen molar-refractivity contribution in [3.05, 3.63) is 48.6 Å². The number of allylic oxidation sites excluding steroid dienone is 1. The van der Waals surface area contributed by atoms with Crippen molar-refractivity contribution in [1.29, 1.82) is 0 Å². The quantitative estimate of drug-likeness (QED) is 0.418. The van der Waals surface area contributed by atoms with Gasteiger partial charge >= 0.3 is 0 Å². The normalized spacial score (nSPS) is 15.4. The molecule has 0 bridgehead atoms. The van der Waals surface area contributed by atoms with E-state index in [1.807, 2.05) is 19.1 Å². The molecule has 1 aromatic rings. The first-order valence-electron chi connectivity index (χ1n) is 7.85. The van der Waals surface area contributed by atoms with Gasteiger partial charge in [-0.1, -0.05) is 30.5 Å². The summed E-state index contributed by atoms with van der Waals surface area (Å²) in [7, 11) is 0. The highest BCUT2D eigenvalue weighted by Crippen LogP contribution is 2.33. The van der Waals surface area contributed by atoms with Gasteiger partial charge in [0, 0.05) is 5.56 Å². The molecule has 1 saturated heterocycles. The van der Waals surface area contributed by atoms with Crippen LogP contribution in [0.25, 0.3) is 0 Å². The molecule has 0 aromatic heterocycles. The average Bonchev–Trinajstić information content (AvgIpc) is 3.00. The van der Waals surface area contributed by atoms with Gasteiger partial charge in [-0.3, -0.25) is 4.79 Å². The molecule has 132 valence electrons. The van der Waals surface area contributed by atoms with Crippen LogP contribution in [-0.2, 0) is 11.2 Å². The minimum absolute atomic E-state index is 0.0606. The molecular formula is C18H21N3O3S. The van der Waals surface area contributed by atoms with Crippen molar-refractivity contribution in [2.75, 3.05) is 19.0 Å². The molecule has 0 spiro atoms. The molecule has 1 aromatic carbocycles. The highest BCUT2D eigenvalue weighted by atomic mass is 32.2. The minimum Gasteiger partial charge on any atom is -0.490 e. The van der Waals surface area contributed by atoms with Gasteiger partial charge in [0.25, 0.3) is 0 Å². The Morgan fingerprint density at radius 2 is 2.16 bits per heavy atom. The number of carbonyl (C=O) groups excluding carboxylic acids is 1. The van der Waals surface area contributed by atoms with Gasteiger partial charge in [-0.15, -0.1) is 11.7 Å². The largest absolute Gasteiger partial charge is 0.490 e. The summed E-state index contributed by atoms with van der Waals surface area (Å²) >= 11 is 1.33. The van der Waals surface area contributed by atoms with Crippen LogP contribution in [0.1, 0.15) is 18.1 Å². The maximum absolute atomic E-state index is 11.1. The third-order valence-electron chi connectivity index (χ3n) is 3.11. The smallest absolute Gasteiger partial charge is 0.236 e. The number of amides is 1. The number of carbonyl (C=O) groups is 1. The summed E-state index contributed by atoms with van der Waals surface area (Å²) in [6, 6.07) is 3.80. The van der Waals surface area contributed by atoms with Crippen LogP contribution < -0.4 is 14.8 Å². The number of ether oxygens (including phenoxy) is 2. The second kappa shape index (κ2) is 9.68. The molecule has 0 saturated carbocycles. The van der Waals surface area contributed by atoms with Gasteiger partial charge in [0.15, 0.2) is 16.7 Å². The number of rotatable bonds is 9. The molecule has 25 heavy (non-hydrogen) atoms. The number of amidine groups is 1. The molecule has 1 aliphatic heterocycles. The average molecular weight is 359 g/mol. The van der Waals surface area contributed by atoms with Crippen LogP contribution in [-0.4, -0.2) is 36.3 Å². The molecule has 1 amide bonds. The Hall–Kier alpha value is -2.54. The summed E-state index contributed by atoms with van der Waals surface area (Å²) in [5.41, 5.74) is 1.77. The van der Waals surface area contributed by atoms with Crippen molar-refractivity contribution < 1.29 is 14.3 Å². The van der Waals surface area contributed by atoms with Crippen LogP contribution in [0.15, 0.2) is 47.6 Å². The number of thioether (sulfide) groups is 1. The van der Waals surface area contributed by atoms with E-state index < -0.39 is 0 Å². The number of hydrogen-bond acceptors (Lipinski definition) is 6. The lowest BCUT2D eigenvalue weighted by Crippen LogP contribution is -2.19. The van der Waals surface area contributed by atoms with Crippen molar-refractivity contribution in [1.82, 2.24) is 5.32 Å². The molecule has 6 nitrogen and oxygen atoms in total. The molecule has 1 fully saturated rings. The van der Waals surface area contributed by atoms with Gasteiger partial charge in [0.1, 0.15) is 6.61 Å². The topological polar surface area (TPSA) is 72.3 Å². The van der Waals surface area contributed by atoms with Crippen LogP contribution in [0.5, 0.6) is 11.5 Å². The van der Waals surface area contributed by atoms with E-state index in [9.17, 15) is 4.79 Å². The second-order valence-corrected chi connectivity index (χ2v) is 5.98. The zero-order valence-electron chi connectivity index (χ0n) is 14.2. The Balaban J connectivity index is 2.29. The monoisotopic (exact) mass is 359 g/mol. The Morgan fingerprint density at radius 1 is 1.32 bits per heavy atom. The van der Waals surface area contributed by atoms with Gasteiger partial charge in [0.2, 0.25) is 5.91 Å². The number of nitrogens with zero attached hydrogens (tertiary/aromatic N) is 2. The van der Waals surface area contributed by atoms with Gasteiger partial charge in [-0.2, -0.15) is 5.10 Å². The fourth-order valence-electron chi connectivity index (χ4n) is 2.16. The SMILES string of the molecule is C=CCOc1c(CC=C)cc(C=NN=C2NC(=O)CS2)cc1OCC. The highest BCUT2D eigenvalue weighted by Gasteiger charge is 2.16. The Bertz CT molecular complexity index is 714. The van der Waals surface area contributed by atoms with E-state index in [1.165, 1.54) is 11.8 Å². The highest BCUT2D eigenvalue weighted by molar-refractivity contribution is 8.15. The minimum atomic E-state index is -0.0606. The van der Waals surface area contributed by atoms with Crippen molar-refractivity contribution in [3.63, 3.8) is 0 Å². The van der Waals surface area contributed by atoms with Gasteiger partial charge in [-0.05, 0) is 31.0 Å². The van der Waals surface area contributed by atoms with Gasteiger partial charge in [-0.25, -0.2) is 0 Å². The summed E-state index contributed by atoms with van der Waals surface area (Å²) in [6.07, 6.45) is 5.74. The molecule has 0 aliphatic carbocycles. The maximum Gasteiger partial charge on any atom is 0.236 e. The fourth-order valence-corrected chi connectivity index (χ4v) is 2.79. The lowest BCUT2D eigenvalue weighted by Gasteiger charge is -2.15. The summed E-state index contributed by atoms with van der Waals surface area (Å²) in [5, 5.41) is 11.2. The first kappa shape index (κ1) is 18.8. The Morgan fingerprint density at radius 3 is 2.80 bits per heavy atom. The first-order valence-corrected chi connectivity index (χ1v) is 8.84. The summed E-state index contributed by atoms with van der Waals surface area (Å²) in [6.45, 7) is 10.3. The van der Waals surface area contributed by atoms with Crippen LogP contribution in [0.4, 0.5) is 0 Å². The predicted molar refractivity (Wildman–Crippen MR) is 103 cm³/mol. The Kier molecular flexibility index (Phi) is 7.28. The van der Waals surface area contributed by atoms with E-state index in [0.717, 1.165) is 11.1 Å². The lowest BCUT2D eigenvalue weighted by atomic mass is 10.1. The molecule has 0 atom stereocenters. The van der Waals surface area contributed by atoms with Crippen molar-refractivity contribution in [2.45, 2.75) is 13.3 Å². The first-order chi connectivity index (χ1) is 12.2. The van der Waals surface area contributed by atoms with E-state index in [1.54, 1.807) is 18.4 Å². The summed E-state index contributed by atoms with van der Waals surface area (Å²) in [4.78, 5) is 11.1. The van der Waals surface area contributed by atoms with Crippen molar-refractivity contribution in [3.8, 4) is 11.5 Å². The molecule has 7 heteroatoms. The van der Waals surface area contributed by atoms with Crippen LogP contribution in [0, 0.1) is 0 Å². The number of benzene rings is 1. The van der Waals surface area contributed by atoms with E-state index in [0.29, 0.717) is 42.1 Å². The lowest BCUT2D eigenvalue weighted by molar-refractivity contribution is -0.116. The fraction of sp³-hybridized carbons (Fsp3) is 0.278. The summed E-state index contributed by atoms with van der Waals surface area (Å²) < 4.78 is 11.5. The van der Waals surface area contributed by atoms with Gasteiger partial charge in [0.05, 0.1) is 18.6 Å². The van der Waals surface area contributed by atoms with Gasteiger partial charge < -0.3 is 14.8 Å². The summed E-state index contributed by atoms with van der Waals surface area (Å²) in [5.74, 6) is 1.64.